The first-order chi connectivity index (χ1) is 15.1. The lowest BCUT2D eigenvalue weighted by molar-refractivity contribution is -0.144. The van der Waals surface area contributed by atoms with Gasteiger partial charge in [0, 0.05) is 34.6 Å². The Balaban J connectivity index is 1.82. The summed E-state index contributed by atoms with van der Waals surface area (Å²) in [7, 11) is 0.956. The average Bonchev–Trinajstić information content (AvgIpc) is 3.21. The van der Waals surface area contributed by atoms with Gasteiger partial charge in [0.05, 0.1) is 16.4 Å². The summed E-state index contributed by atoms with van der Waals surface area (Å²) in [5.41, 5.74) is -1.54. The molecule has 0 amide bonds. The fourth-order valence-electron chi connectivity index (χ4n) is 3.10. The molecule has 0 aliphatic rings. The van der Waals surface area contributed by atoms with E-state index in [-0.39, 0.29) is 5.69 Å². The van der Waals surface area contributed by atoms with E-state index in [1.165, 1.54) is 29.5 Å². The Labute approximate surface area is 192 Å². The fraction of sp³-hybridized carbons (Fsp3) is 0.0952. The summed E-state index contributed by atoms with van der Waals surface area (Å²) in [4.78, 5) is 29.5. The molecule has 2 heterocycles. The molecule has 0 atom stereocenters. The standard InChI is InChI=1S/C21H12Cl2F3N3O2S/c1-28-17(21(24,25)26)9-18(30)29(20(28)31)13-6-7-15(23)14(8-13)19-27-16(10-32-19)11-2-4-12(22)5-3-11/h2-10H,1H3. The molecule has 0 aliphatic heterocycles. The zero-order chi connectivity index (χ0) is 23.2. The van der Waals surface area contributed by atoms with Gasteiger partial charge in [-0.3, -0.25) is 9.36 Å². The van der Waals surface area contributed by atoms with Gasteiger partial charge in [-0.2, -0.15) is 13.2 Å². The topological polar surface area (TPSA) is 56.9 Å². The molecular formula is C21H12Cl2F3N3O2S. The summed E-state index contributed by atoms with van der Waals surface area (Å²) in [6.07, 6.45) is -4.84. The van der Waals surface area contributed by atoms with Crippen LogP contribution in [0.5, 0.6) is 0 Å². The third-order valence-corrected chi connectivity index (χ3v) is 6.15. The first kappa shape index (κ1) is 22.3. The number of rotatable bonds is 3. The van der Waals surface area contributed by atoms with Crippen LogP contribution in [0.3, 0.4) is 0 Å². The number of alkyl halides is 3. The van der Waals surface area contributed by atoms with Crippen LogP contribution in [-0.4, -0.2) is 14.1 Å². The van der Waals surface area contributed by atoms with Gasteiger partial charge in [-0.1, -0.05) is 35.3 Å². The molecule has 2 aromatic heterocycles. The Bertz CT molecular complexity index is 1440. The lowest BCUT2D eigenvalue weighted by atomic mass is 10.1. The van der Waals surface area contributed by atoms with Crippen molar-refractivity contribution in [3.8, 4) is 27.5 Å². The Morgan fingerprint density at radius 1 is 1.00 bits per heavy atom. The highest BCUT2D eigenvalue weighted by molar-refractivity contribution is 7.13. The van der Waals surface area contributed by atoms with Crippen LogP contribution in [0, 0.1) is 0 Å². The van der Waals surface area contributed by atoms with Crippen molar-refractivity contribution in [2.45, 2.75) is 6.18 Å². The molecule has 4 aromatic rings. The van der Waals surface area contributed by atoms with Gasteiger partial charge < -0.3 is 0 Å². The van der Waals surface area contributed by atoms with Gasteiger partial charge in [-0.25, -0.2) is 14.3 Å². The first-order valence-electron chi connectivity index (χ1n) is 8.98. The van der Waals surface area contributed by atoms with Gasteiger partial charge in [0.1, 0.15) is 10.7 Å². The highest BCUT2D eigenvalue weighted by atomic mass is 35.5. The summed E-state index contributed by atoms with van der Waals surface area (Å²) < 4.78 is 40.4. The smallest absolute Gasteiger partial charge is 0.292 e. The van der Waals surface area contributed by atoms with Crippen molar-refractivity contribution < 1.29 is 13.2 Å². The number of benzene rings is 2. The highest BCUT2D eigenvalue weighted by Crippen LogP contribution is 2.34. The number of thiazole rings is 1. The number of halogens is 5. The Morgan fingerprint density at radius 2 is 1.69 bits per heavy atom. The van der Waals surface area contributed by atoms with Gasteiger partial charge in [-0.15, -0.1) is 11.3 Å². The lowest BCUT2D eigenvalue weighted by Crippen LogP contribution is -2.40. The molecule has 0 unspecified atom stereocenters. The van der Waals surface area contributed by atoms with Crippen molar-refractivity contribution in [3.05, 3.63) is 90.5 Å². The minimum absolute atomic E-state index is 0.0759. The second kappa shape index (κ2) is 8.23. The second-order valence-electron chi connectivity index (χ2n) is 6.75. The molecule has 0 bridgehead atoms. The molecule has 0 aliphatic carbocycles. The first-order valence-corrected chi connectivity index (χ1v) is 10.6. The predicted octanol–water partition coefficient (Wildman–Crippen LogP) is 5.65. The van der Waals surface area contributed by atoms with Crippen LogP contribution in [0.15, 0.2) is 63.5 Å². The van der Waals surface area contributed by atoms with Crippen LogP contribution in [0.2, 0.25) is 10.0 Å². The molecule has 0 spiro atoms. The van der Waals surface area contributed by atoms with Crippen molar-refractivity contribution in [3.63, 3.8) is 0 Å². The maximum absolute atomic E-state index is 13.1. The van der Waals surface area contributed by atoms with Crippen molar-refractivity contribution in [1.29, 1.82) is 0 Å². The van der Waals surface area contributed by atoms with E-state index in [2.05, 4.69) is 4.98 Å². The van der Waals surface area contributed by atoms with Gasteiger partial charge >= 0.3 is 11.9 Å². The van der Waals surface area contributed by atoms with Crippen LogP contribution in [0.1, 0.15) is 5.69 Å². The van der Waals surface area contributed by atoms with E-state index in [0.29, 0.717) is 41.5 Å². The molecule has 0 saturated carbocycles. The molecule has 164 valence electrons. The maximum atomic E-state index is 13.1. The van der Waals surface area contributed by atoms with E-state index in [1.807, 2.05) is 17.5 Å². The van der Waals surface area contributed by atoms with E-state index in [9.17, 15) is 22.8 Å². The van der Waals surface area contributed by atoms with Crippen molar-refractivity contribution in [1.82, 2.24) is 14.1 Å². The molecule has 0 fully saturated rings. The predicted molar refractivity (Wildman–Crippen MR) is 119 cm³/mol. The number of aromatic nitrogens is 3. The van der Waals surface area contributed by atoms with E-state index in [4.69, 9.17) is 23.2 Å². The van der Waals surface area contributed by atoms with Gasteiger partial charge in [-0.05, 0) is 30.3 Å². The summed E-state index contributed by atoms with van der Waals surface area (Å²) in [5.74, 6) is 0. The summed E-state index contributed by atoms with van der Waals surface area (Å²) >= 11 is 13.5. The minimum atomic E-state index is -4.84. The van der Waals surface area contributed by atoms with Gasteiger partial charge in [0.2, 0.25) is 0 Å². The maximum Gasteiger partial charge on any atom is 0.431 e. The zero-order valence-electron chi connectivity index (χ0n) is 16.2. The second-order valence-corrected chi connectivity index (χ2v) is 8.45. The third kappa shape index (κ3) is 4.11. The van der Waals surface area contributed by atoms with Crippen molar-refractivity contribution in [2.75, 3.05) is 0 Å². The van der Waals surface area contributed by atoms with Crippen LogP contribution >= 0.6 is 34.5 Å². The Kier molecular flexibility index (Phi) is 5.74. The van der Waals surface area contributed by atoms with E-state index >= 15 is 0 Å². The van der Waals surface area contributed by atoms with Crippen molar-refractivity contribution >= 4 is 34.5 Å². The fourth-order valence-corrected chi connectivity index (χ4v) is 4.35. The van der Waals surface area contributed by atoms with Crippen LogP contribution < -0.4 is 11.2 Å². The average molecular weight is 498 g/mol. The van der Waals surface area contributed by atoms with E-state index in [0.717, 1.165) is 12.6 Å². The van der Waals surface area contributed by atoms with Gasteiger partial charge in [0.15, 0.2) is 0 Å². The summed E-state index contributed by atoms with van der Waals surface area (Å²) in [5, 5.41) is 3.22. The number of nitrogens with zero attached hydrogens (tertiary/aromatic N) is 3. The molecule has 0 radical (unpaired) electrons. The largest absolute Gasteiger partial charge is 0.431 e. The van der Waals surface area contributed by atoms with E-state index < -0.39 is 23.1 Å². The SMILES string of the molecule is Cn1c(C(F)(F)F)cc(=O)n(-c2ccc(Cl)c(-c3nc(-c4ccc(Cl)cc4)cs3)c2)c1=O. The monoisotopic (exact) mass is 497 g/mol. The third-order valence-electron chi connectivity index (χ3n) is 4.69. The molecule has 32 heavy (non-hydrogen) atoms. The summed E-state index contributed by atoms with van der Waals surface area (Å²) in [6.45, 7) is 0. The molecule has 0 saturated heterocycles. The summed E-state index contributed by atoms with van der Waals surface area (Å²) in [6, 6.07) is 11.8. The lowest BCUT2D eigenvalue weighted by Gasteiger charge is -2.14. The normalized spacial score (nSPS) is 11.7. The highest BCUT2D eigenvalue weighted by Gasteiger charge is 2.35. The molecule has 11 heteroatoms. The molecule has 5 nitrogen and oxygen atoms in total. The Morgan fingerprint density at radius 3 is 2.34 bits per heavy atom. The molecule has 2 aromatic carbocycles. The number of hydrogen-bond acceptors (Lipinski definition) is 4. The van der Waals surface area contributed by atoms with Gasteiger partial charge in [0.25, 0.3) is 5.56 Å². The quantitative estimate of drug-likeness (QED) is 0.367. The van der Waals surface area contributed by atoms with Crippen LogP contribution in [0.25, 0.3) is 27.5 Å². The minimum Gasteiger partial charge on any atom is -0.292 e. The molecule has 0 N–H and O–H groups in total. The molecule has 4 rings (SSSR count). The van der Waals surface area contributed by atoms with Crippen LogP contribution in [0.4, 0.5) is 13.2 Å². The van der Waals surface area contributed by atoms with Crippen molar-refractivity contribution in [2.24, 2.45) is 7.05 Å². The van der Waals surface area contributed by atoms with E-state index in [1.54, 1.807) is 12.1 Å². The Hall–Kier alpha value is -2.88. The zero-order valence-corrected chi connectivity index (χ0v) is 18.5. The number of hydrogen-bond donors (Lipinski definition) is 0. The molecular weight excluding hydrogens is 486 g/mol. The van der Waals surface area contributed by atoms with Crippen LogP contribution in [-0.2, 0) is 13.2 Å².